The summed E-state index contributed by atoms with van der Waals surface area (Å²) in [7, 11) is 0. The monoisotopic (exact) mass is 1420 g/mol. The van der Waals surface area contributed by atoms with Crippen molar-refractivity contribution >= 4 is 142 Å². The van der Waals surface area contributed by atoms with Crippen LogP contribution in [0.4, 0.5) is 34.1 Å². The first kappa shape index (κ1) is 64.3. The van der Waals surface area contributed by atoms with Crippen LogP contribution in [0, 0.1) is 0 Å². The average Bonchev–Trinajstić information content (AvgIpc) is 1.56. The van der Waals surface area contributed by atoms with Crippen LogP contribution in [0.1, 0.15) is 0 Å². The van der Waals surface area contributed by atoms with Crippen molar-refractivity contribution in [3.05, 3.63) is 425 Å². The Morgan fingerprint density at radius 1 is 0.152 bits per heavy atom. The Hall–Kier alpha value is -14.8. The third kappa shape index (κ3) is 11.0. The van der Waals surface area contributed by atoms with Crippen molar-refractivity contribution < 1.29 is 0 Å². The van der Waals surface area contributed by atoms with E-state index in [1.54, 1.807) is 0 Å². The molecule has 0 aliphatic rings. The molecule has 112 heavy (non-hydrogen) atoms. The molecule has 0 spiro atoms. The lowest BCUT2D eigenvalue weighted by atomic mass is 9.92. The SMILES string of the molecule is c1ccc(N(c2ccc(-c3ccc4ccccc4c3)cc2)c2ccc3cc(-c4ccc(-n5c6ccccc6c6cc(-c7ccc8c(-c9ccc(N(c%10ccccc%10)c%10ccc%11cc(-c%12ccc(-n%13c%14ccccc%14c%14ccc%15ccccc%15c%14%13)cc%12)ccc%11c%10)cc9)cccc8c7)c7ccccc7c65)cc4)ccc3c2)cc1. The lowest BCUT2D eigenvalue weighted by Gasteiger charge is -2.26. The smallest absolute Gasteiger partial charge is 0.0619 e. The average molecular weight is 1420 g/mol. The highest BCUT2D eigenvalue weighted by molar-refractivity contribution is 6.23. The molecule has 0 atom stereocenters. The third-order valence-electron chi connectivity index (χ3n) is 23.2. The molecule has 0 saturated heterocycles. The molecule has 0 fully saturated rings. The molecule has 522 valence electrons. The van der Waals surface area contributed by atoms with Crippen molar-refractivity contribution in [2.45, 2.75) is 0 Å². The van der Waals surface area contributed by atoms with Crippen molar-refractivity contribution in [3.63, 3.8) is 0 Å². The maximum atomic E-state index is 2.47. The van der Waals surface area contributed by atoms with E-state index in [0.29, 0.717) is 0 Å². The molecule has 22 rings (SSSR count). The molecule has 20 aromatic carbocycles. The summed E-state index contributed by atoms with van der Waals surface area (Å²) < 4.78 is 4.91. The Labute approximate surface area is 648 Å². The Bertz CT molecular complexity index is 7460. The molecular formula is C108H70N4. The third-order valence-corrected chi connectivity index (χ3v) is 23.2. The fraction of sp³-hybridized carbons (Fsp3) is 0. The molecule has 22 aromatic rings. The number of benzene rings is 20. The lowest BCUT2D eigenvalue weighted by molar-refractivity contribution is 1.19. The van der Waals surface area contributed by atoms with Crippen molar-refractivity contribution in [1.29, 1.82) is 0 Å². The second-order valence-electron chi connectivity index (χ2n) is 29.6. The van der Waals surface area contributed by atoms with Crippen molar-refractivity contribution in [2.24, 2.45) is 0 Å². The van der Waals surface area contributed by atoms with Crippen molar-refractivity contribution in [2.75, 3.05) is 9.80 Å². The van der Waals surface area contributed by atoms with Gasteiger partial charge >= 0.3 is 0 Å². The largest absolute Gasteiger partial charge is 0.310 e. The predicted octanol–water partition coefficient (Wildman–Crippen LogP) is 30.1. The molecule has 0 amide bonds. The molecule has 0 aliphatic heterocycles. The normalized spacial score (nSPS) is 11.8. The molecule has 4 heteroatoms. The van der Waals surface area contributed by atoms with E-state index >= 15 is 0 Å². The van der Waals surface area contributed by atoms with E-state index in [1.807, 2.05) is 0 Å². The standard InChI is InChI=1S/C108H70N4/c1-3-22-87(23-4-1)109(89-52-40-72(41-53-89)78-35-34-71-18-7-8-20-77(71)64-78)93-60-48-81-66-80(37-38-83(81)68-93)74-44-56-92(57-45-74)112-106-33-16-14-29-100(106)104-70-103(98-27-11-12-30-101(98)108(104)112)86-51-62-96-85(67-86)21-17-31-95(96)76-46-58-90(59-47-76)110(88-24-5-2-6-25-88)94-61-49-82-65-79(36-39-84(82)69-94)73-42-54-91(55-43-73)111-105-32-15-13-28-99(105)102-63-50-75-19-9-10-26-97(75)107(102)111/h1-70H. The Morgan fingerprint density at radius 2 is 0.500 bits per heavy atom. The number of fused-ring (bicyclic) bond motifs is 14. The van der Waals surface area contributed by atoms with Crippen LogP contribution in [-0.2, 0) is 0 Å². The molecular weight excluding hydrogens is 1350 g/mol. The molecule has 0 unspecified atom stereocenters. The topological polar surface area (TPSA) is 16.3 Å². The highest BCUT2D eigenvalue weighted by atomic mass is 15.1. The number of aromatic nitrogens is 2. The summed E-state index contributed by atoms with van der Waals surface area (Å²) in [6.07, 6.45) is 0. The van der Waals surface area contributed by atoms with E-state index in [4.69, 9.17) is 0 Å². The fourth-order valence-corrected chi connectivity index (χ4v) is 17.8. The Balaban J connectivity index is 0.540. The maximum absolute atomic E-state index is 2.47. The van der Waals surface area contributed by atoms with Gasteiger partial charge in [-0.2, -0.15) is 0 Å². The predicted molar refractivity (Wildman–Crippen MR) is 477 cm³/mol. The van der Waals surface area contributed by atoms with Gasteiger partial charge in [0.05, 0.1) is 22.1 Å². The second-order valence-corrected chi connectivity index (χ2v) is 29.6. The highest BCUT2D eigenvalue weighted by Crippen LogP contribution is 2.46. The van der Waals surface area contributed by atoms with Gasteiger partial charge in [-0.3, -0.25) is 0 Å². The molecule has 2 aromatic heterocycles. The molecule has 0 saturated carbocycles. The van der Waals surface area contributed by atoms with Gasteiger partial charge in [0.25, 0.3) is 0 Å². The van der Waals surface area contributed by atoms with Gasteiger partial charge in [0.2, 0.25) is 0 Å². The highest BCUT2D eigenvalue weighted by Gasteiger charge is 2.22. The number of para-hydroxylation sites is 4. The maximum Gasteiger partial charge on any atom is 0.0619 e. The minimum absolute atomic E-state index is 1.09. The lowest BCUT2D eigenvalue weighted by Crippen LogP contribution is -2.09. The van der Waals surface area contributed by atoms with Crippen LogP contribution in [0.25, 0.3) is 175 Å². The Kier molecular flexibility index (Phi) is 15.2. The van der Waals surface area contributed by atoms with Gasteiger partial charge in [-0.25, -0.2) is 0 Å². The van der Waals surface area contributed by atoms with Gasteiger partial charge in [-0.1, -0.05) is 285 Å². The van der Waals surface area contributed by atoms with Crippen molar-refractivity contribution in [1.82, 2.24) is 9.13 Å². The summed E-state index contributed by atoms with van der Waals surface area (Å²) >= 11 is 0. The molecule has 0 aliphatic carbocycles. The van der Waals surface area contributed by atoms with Crippen LogP contribution in [-0.4, -0.2) is 9.13 Å². The van der Waals surface area contributed by atoms with Crippen molar-refractivity contribution in [3.8, 4) is 67.0 Å². The van der Waals surface area contributed by atoms with E-state index < -0.39 is 0 Å². The minimum atomic E-state index is 1.09. The first-order valence-corrected chi connectivity index (χ1v) is 38.6. The zero-order chi connectivity index (χ0) is 73.7. The molecule has 4 nitrogen and oxygen atoms in total. The molecule has 0 bridgehead atoms. The zero-order valence-corrected chi connectivity index (χ0v) is 61.2. The van der Waals surface area contributed by atoms with Gasteiger partial charge in [0.15, 0.2) is 0 Å². The molecule has 0 N–H and O–H groups in total. The van der Waals surface area contributed by atoms with E-state index in [2.05, 4.69) is 444 Å². The summed E-state index contributed by atoms with van der Waals surface area (Å²) in [6.45, 7) is 0. The summed E-state index contributed by atoms with van der Waals surface area (Å²) in [5.74, 6) is 0. The summed E-state index contributed by atoms with van der Waals surface area (Å²) in [4.78, 5) is 4.72. The number of hydrogen-bond donors (Lipinski definition) is 0. The number of anilines is 6. The zero-order valence-electron chi connectivity index (χ0n) is 61.2. The van der Waals surface area contributed by atoms with E-state index in [9.17, 15) is 0 Å². The molecule has 0 radical (unpaired) electrons. The van der Waals surface area contributed by atoms with Crippen LogP contribution in [0.3, 0.4) is 0 Å². The number of nitrogens with zero attached hydrogens (tertiary/aromatic N) is 4. The first-order valence-electron chi connectivity index (χ1n) is 38.6. The van der Waals surface area contributed by atoms with Gasteiger partial charge in [-0.15, -0.1) is 0 Å². The molecule has 2 heterocycles. The first-order chi connectivity index (χ1) is 55.5. The van der Waals surface area contributed by atoms with Crippen LogP contribution in [0.15, 0.2) is 425 Å². The van der Waals surface area contributed by atoms with Crippen LogP contribution < -0.4 is 9.80 Å². The summed E-state index contributed by atoms with van der Waals surface area (Å²) in [6, 6.07) is 157. The quantitative estimate of drug-likeness (QED) is 0.114. The van der Waals surface area contributed by atoms with Gasteiger partial charge in [0, 0.05) is 77.8 Å². The minimum Gasteiger partial charge on any atom is -0.310 e. The van der Waals surface area contributed by atoms with Gasteiger partial charge in [-0.05, 0) is 249 Å². The van der Waals surface area contributed by atoms with Crippen LogP contribution >= 0.6 is 0 Å². The van der Waals surface area contributed by atoms with Crippen LogP contribution in [0.2, 0.25) is 0 Å². The van der Waals surface area contributed by atoms with E-state index in [0.717, 1.165) is 45.5 Å². The van der Waals surface area contributed by atoms with E-state index in [1.165, 1.54) is 164 Å². The van der Waals surface area contributed by atoms with Gasteiger partial charge < -0.3 is 18.9 Å². The van der Waals surface area contributed by atoms with Crippen LogP contribution in [0.5, 0.6) is 0 Å². The van der Waals surface area contributed by atoms with Gasteiger partial charge in [0.1, 0.15) is 0 Å². The second kappa shape index (κ2) is 26.5. The van der Waals surface area contributed by atoms with E-state index in [-0.39, 0.29) is 0 Å². The Morgan fingerprint density at radius 3 is 1.07 bits per heavy atom. The summed E-state index contributed by atoms with van der Waals surface area (Å²) in [5, 5.41) is 19.6. The number of rotatable bonds is 13. The fourth-order valence-electron chi connectivity index (χ4n) is 17.8. The summed E-state index contributed by atoms with van der Waals surface area (Å²) in [5.41, 5.74) is 25.6. The number of hydrogen-bond acceptors (Lipinski definition) is 2.